The summed E-state index contributed by atoms with van der Waals surface area (Å²) in [6, 6.07) is 7.29. The van der Waals surface area contributed by atoms with Gasteiger partial charge in [0, 0.05) is 45.8 Å². The Kier molecular flexibility index (Phi) is 9.16. The van der Waals surface area contributed by atoms with Crippen LogP contribution in [-0.4, -0.2) is 54.1 Å². The molecule has 154 valence electrons. The van der Waals surface area contributed by atoms with E-state index in [1.807, 2.05) is 12.1 Å². The third kappa shape index (κ3) is 6.15. The van der Waals surface area contributed by atoms with E-state index in [-0.39, 0.29) is 29.8 Å². The first kappa shape index (κ1) is 23.1. The van der Waals surface area contributed by atoms with Crippen molar-refractivity contribution < 1.29 is 8.91 Å². The van der Waals surface area contributed by atoms with Crippen LogP contribution in [-0.2, 0) is 19.5 Å². The first-order valence-electron chi connectivity index (χ1n) is 9.15. The molecule has 2 aromatic rings. The lowest BCUT2D eigenvalue weighted by Gasteiger charge is -2.36. The predicted molar refractivity (Wildman–Crippen MR) is 122 cm³/mol. The number of rotatable bonds is 5. The van der Waals surface area contributed by atoms with E-state index >= 15 is 0 Å². The molecule has 0 bridgehead atoms. The molecule has 3 rings (SSSR count). The Bertz CT molecular complexity index is 792. The molecular formula is C19H26BrFIN5O. The summed E-state index contributed by atoms with van der Waals surface area (Å²) in [6.45, 7) is 6.92. The normalized spacial score (nSPS) is 15.4. The maximum Gasteiger partial charge on any atom is 0.194 e. The second-order valence-corrected chi connectivity index (χ2v) is 7.40. The van der Waals surface area contributed by atoms with Gasteiger partial charge in [0.05, 0.1) is 16.7 Å². The van der Waals surface area contributed by atoms with Gasteiger partial charge in [0.15, 0.2) is 11.7 Å². The van der Waals surface area contributed by atoms with E-state index < -0.39 is 0 Å². The van der Waals surface area contributed by atoms with Gasteiger partial charge in [0.2, 0.25) is 0 Å². The van der Waals surface area contributed by atoms with Crippen LogP contribution in [0.1, 0.15) is 23.9 Å². The number of guanidine groups is 1. The molecule has 0 aliphatic carbocycles. The van der Waals surface area contributed by atoms with Gasteiger partial charge in [-0.15, -0.1) is 24.0 Å². The van der Waals surface area contributed by atoms with Crippen LogP contribution >= 0.6 is 39.9 Å². The number of aryl methyl sites for hydroxylation is 1. The molecule has 0 unspecified atom stereocenters. The molecule has 2 heterocycles. The Labute approximate surface area is 190 Å². The van der Waals surface area contributed by atoms with Crippen LogP contribution < -0.4 is 5.32 Å². The van der Waals surface area contributed by atoms with Gasteiger partial charge in [0.1, 0.15) is 5.82 Å². The molecule has 0 radical (unpaired) electrons. The Hall–Kier alpha value is -1.20. The zero-order valence-corrected chi connectivity index (χ0v) is 20.0. The van der Waals surface area contributed by atoms with Crippen molar-refractivity contribution in [3.8, 4) is 0 Å². The number of hydrogen-bond donors (Lipinski definition) is 1. The van der Waals surface area contributed by atoms with Gasteiger partial charge in [0.25, 0.3) is 0 Å². The van der Waals surface area contributed by atoms with Gasteiger partial charge >= 0.3 is 0 Å². The lowest BCUT2D eigenvalue weighted by molar-refractivity contribution is 0.172. The van der Waals surface area contributed by atoms with Gasteiger partial charge in [-0.2, -0.15) is 0 Å². The van der Waals surface area contributed by atoms with Crippen LogP contribution in [0.5, 0.6) is 0 Å². The lowest BCUT2D eigenvalue weighted by Crippen LogP contribution is -2.52. The van der Waals surface area contributed by atoms with Crippen molar-refractivity contribution >= 4 is 45.9 Å². The van der Waals surface area contributed by atoms with Gasteiger partial charge in [-0.3, -0.25) is 9.89 Å². The highest BCUT2D eigenvalue weighted by molar-refractivity contribution is 14.0. The molecule has 1 aliphatic heterocycles. The van der Waals surface area contributed by atoms with Crippen LogP contribution in [0.4, 0.5) is 4.39 Å². The first-order valence-corrected chi connectivity index (χ1v) is 9.94. The number of nitrogens with one attached hydrogen (secondary N) is 1. The molecule has 1 fully saturated rings. The molecule has 6 nitrogen and oxygen atoms in total. The summed E-state index contributed by atoms with van der Waals surface area (Å²) in [5.41, 5.74) is 1.95. The number of aromatic nitrogens is 1. The number of hydrogen-bond acceptors (Lipinski definition) is 4. The Morgan fingerprint density at radius 3 is 2.64 bits per heavy atom. The van der Waals surface area contributed by atoms with Crippen molar-refractivity contribution in [3.05, 3.63) is 51.6 Å². The topological polar surface area (TPSA) is 56.9 Å². The van der Waals surface area contributed by atoms with Gasteiger partial charge in [-0.25, -0.2) is 4.39 Å². The fourth-order valence-electron chi connectivity index (χ4n) is 3.12. The molecular weight excluding hydrogens is 540 g/mol. The third-order valence-corrected chi connectivity index (χ3v) is 5.31. The molecule has 28 heavy (non-hydrogen) atoms. The quantitative estimate of drug-likeness (QED) is 0.341. The molecule has 0 saturated carbocycles. The minimum absolute atomic E-state index is 0. The minimum Gasteiger partial charge on any atom is -0.359 e. The van der Waals surface area contributed by atoms with E-state index in [4.69, 9.17) is 4.52 Å². The maximum absolute atomic E-state index is 13.7. The molecule has 0 spiro atoms. The fraction of sp³-hybridized carbons (Fsp3) is 0.474. The van der Waals surface area contributed by atoms with Crippen LogP contribution in [0.15, 0.2) is 38.3 Å². The molecule has 1 aliphatic rings. The van der Waals surface area contributed by atoms with Crippen LogP contribution in [0.25, 0.3) is 0 Å². The summed E-state index contributed by atoms with van der Waals surface area (Å²) in [5, 5.41) is 7.35. The average molecular weight is 566 g/mol. The zero-order chi connectivity index (χ0) is 19.2. The lowest BCUT2D eigenvalue weighted by atomic mass is 10.2. The van der Waals surface area contributed by atoms with E-state index in [2.05, 4.69) is 48.1 Å². The molecule has 1 aromatic heterocycles. The molecule has 9 heteroatoms. The van der Waals surface area contributed by atoms with Gasteiger partial charge in [-0.05, 0) is 40.0 Å². The van der Waals surface area contributed by atoms with Crippen molar-refractivity contribution in [1.82, 2.24) is 20.3 Å². The van der Waals surface area contributed by atoms with Crippen LogP contribution in [0.3, 0.4) is 0 Å². The molecule has 1 N–H and O–H groups in total. The number of nitrogens with zero attached hydrogens (tertiary/aromatic N) is 4. The van der Waals surface area contributed by atoms with E-state index in [9.17, 15) is 4.39 Å². The second-order valence-electron chi connectivity index (χ2n) is 6.55. The highest BCUT2D eigenvalue weighted by Crippen LogP contribution is 2.18. The summed E-state index contributed by atoms with van der Waals surface area (Å²) in [4.78, 5) is 8.94. The van der Waals surface area contributed by atoms with Crippen LogP contribution in [0, 0.1) is 5.82 Å². The SMILES string of the molecule is CCc1cc(CNC(=NC)N2CCN(Cc3ccc(Br)c(F)c3)CC2)on1.I. The number of benzene rings is 1. The second kappa shape index (κ2) is 11.1. The van der Waals surface area contributed by atoms with Crippen LogP contribution in [0.2, 0.25) is 0 Å². The molecule has 0 amide bonds. The van der Waals surface area contributed by atoms with E-state index in [0.29, 0.717) is 11.0 Å². The zero-order valence-electron chi connectivity index (χ0n) is 16.1. The first-order chi connectivity index (χ1) is 13.1. The van der Waals surface area contributed by atoms with Crippen molar-refractivity contribution in [1.29, 1.82) is 0 Å². The number of aliphatic imine (C=N–C) groups is 1. The molecule has 0 atom stereocenters. The molecule has 1 aromatic carbocycles. The minimum atomic E-state index is -0.214. The van der Waals surface area contributed by atoms with Gasteiger partial charge < -0.3 is 14.7 Å². The van der Waals surface area contributed by atoms with Crippen molar-refractivity contribution in [2.24, 2.45) is 4.99 Å². The maximum atomic E-state index is 13.7. The van der Waals surface area contributed by atoms with Crippen molar-refractivity contribution in [2.75, 3.05) is 33.2 Å². The summed E-state index contributed by atoms with van der Waals surface area (Å²) in [5.74, 6) is 1.46. The van der Waals surface area contributed by atoms with Crippen molar-refractivity contribution in [3.63, 3.8) is 0 Å². The van der Waals surface area contributed by atoms with Gasteiger partial charge in [-0.1, -0.05) is 18.1 Å². The smallest absolute Gasteiger partial charge is 0.194 e. The largest absolute Gasteiger partial charge is 0.359 e. The van der Waals surface area contributed by atoms with Crippen molar-refractivity contribution in [2.45, 2.75) is 26.4 Å². The Balaban J connectivity index is 0.00000280. The highest BCUT2D eigenvalue weighted by atomic mass is 127. The Morgan fingerprint density at radius 2 is 2.04 bits per heavy atom. The highest BCUT2D eigenvalue weighted by Gasteiger charge is 2.20. The predicted octanol–water partition coefficient (Wildman–Crippen LogP) is 3.65. The van der Waals surface area contributed by atoms with E-state index in [1.165, 1.54) is 0 Å². The summed E-state index contributed by atoms with van der Waals surface area (Å²) in [7, 11) is 1.79. The molecule has 1 saturated heterocycles. The fourth-order valence-corrected chi connectivity index (χ4v) is 3.36. The summed E-state index contributed by atoms with van der Waals surface area (Å²) >= 11 is 3.20. The summed E-state index contributed by atoms with van der Waals surface area (Å²) < 4.78 is 19.5. The van der Waals surface area contributed by atoms with E-state index in [1.54, 1.807) is 19.2 Å². The van der Waals surface area contributed by atoms with E-state index in [0.717, 1.165) is 62.1 Å². The Morgan fingerprint density at radius 1 is 1.29 bits per heavy atom. The third-order valence-electron chi connectivity index (χ3n) is 4.66. The monoisotopic (exact) mass is 565 g/mol. The number of halogens is 3. The standard InChI is InChI=1S/C19H25BrFN5O.HI/c1-3-15-11-16(27-24-15)12-23-19(22-2)26-8-6-25(7-9-26)13-14-4-5-17(20)18(21)10-14;/h4-5,10-11H,3,6-9,12-13H2,1-2H3,(H,22,23);1H. The summed E-state index contributed by atoms with van der Waals surface area (Å²) in [6.07, 6.45) is 0.864. The number of piperazine rings is 1. The average Bonchev–Trinajstić information content (AvgIpc) is 3.14.